The third-order valence-electron chi connectivity index (χ3n) is 7.18. The molecule has 0 fully saturated rings. The molecule has 3 heterocycles. The fourth-order valence-corrected chi connectivity index (χ4v) is 5.59. The summed E-state index contributed by atoms with van der Waals surface area (Å²) in [6.07, 6.45) is 6.97. The Hall–Kier alpha value is -3.46. The highest BCUT2D eigenvalue weighted by atomic mass is 16.3. The van der Waals surface area contributed by atoms with Crippen molar-refractivity contribution in [3.8, 4) is 22.7 Å². The molecule has 5 aromatic rings. The van der Waals surface area contributed by atoms with Gasteiger partial charge in [-0.15, -0.1) is 0 Å². The molecule has 0 saturated carbocycles. The number of benzene rings is 2. The standard InChI is InChI=1S/C32H32N2O/c1-19(2)14-20-15-22-10-11-25-26-12-13-33-29(31(26)35-30(25)28(22)34-18-20)23-16-21-8-6-7-9-24(21)27(17-23)32(3,4)5/h6-9,12-13,15-19H,10-11,14H2,1-5H3. The van der Waals surface area contributed by atoms with Gasteiger partial charge in [0.15, 0.2) is 11.3 Å². The lowest BCUT2D eigenvalue weighted by Crippen LogP contribution is -2.12. The van der Waals surface area contributed by atoms with Crippen LogP contribution in [0.15, 0.2) is 65.3 Å². The van der Waals surface area contributed by atoms with E-state index in [-0.39, 0.29) is 5.41 Å². The molecule has 0 atom stereocenters. The lowest BCUT2D eigenvalue weighted by molar-refractivity contribution is 0.596. The molecule has 0 aliphatic heterocycles. The minimum atomic E-state index is 0.0163. The molecule has 2 aromatic carbocycles. The summed E-state index contributed by atoms with van der Waals surface area (Å²) in [6, 6.07) is 17.6. The van der Waals surface area contributed by atoms with E-state index in [1.807, 2.05) is 12.4 Å². The Labute approximate surface area is 207 Å². The Morgan fingerprint density at radius 3 is 2.54 bits per heavy atom. The van der Waals surface area contributed by atoms with Crippen molar-refractivity contribution in [1.82, 2.24) is 9.97 Å². The average molecular weight is 461 g/mol. The molecule has 0 bridgehead atoms. The van der Waals surface area contributed by atoms with Gasteiger partial charge in [-0.05, 0) is 76.3 Å². The molecule has 3 aromatic heterocycles. The van der Waals surface area contributed by atoms with Crippen molar-refractivity contribution >= 4 is 21.7 Å². The molecule has 35 heavy (non-hydrogen) atoms. The van der Waals surface area contributed by atoms with E-state index in [1.54, 1.807) is 0 Å². The van der Waals surface area contributed by atoms with E-state index < -0.39 is 0 Å². The summed E-state index contributed by atoms with van der Waals surface area (Å²) in [5.41, 5.74) is 9.09. The summed E-state index contributed by atoms with van der Waals surface area (Å²) in [7, 11) is 0. The van der Waals surface area contributed by atoms with Gasteiger partial charge in [0.2, 0.25) is 0 Å². The predicted octanol–water partition coefficient (Wildman–Crippen LogP) is 8.30. The Morgan fingerprint density at radius 1 is 0.914 bits per heavy atom. The van der Waals surface area contributed by atoms with Crippen LogP contribution in [0.5, 0.6) is 0 Å². The largest absolute Gasteiger partial charge is 0.452 e. The van der Waals surface area contributed by atoms with E-state index in [0.29, 0.717) is 5.92 Å². The van der Waals surface area contributed by atoms with Crippen LogP contribution in [-0.2, 0) is 24.7 Å². The van der Waals surface area contributed by atoms with Crippen molar-refractivity contribution in [2.75, 3.05) is 0 Å². The van der Waals surface area contributed by atoms with Crippen molar-refractivity contribution in [3.05, 3.63) is 83.2 Å². The third kappa shape index (κ3) is 3.74. The van der Waals surface area contributed by atoms with Crippen molar-refractivity contribution in [3.63, 3.8) is 0 Å². The number of aromatic nitrogens is 2. The molecule has 3 heteroatoms. The molecule has 1 aliphatic carbocycles. The zero-order valence-electron chi connectivity index (χ0n) is 21.3. The van der Waals surface area contributed by atoms with E-state index >= 15 is 0 Å². The molecule has 6 rings (SSSR count). The fourth-order valence-electron chi connectivity index (χ4n) is 5.59. The number of pyridine rings is 2. The van der Waals surface area contributed by atoms with Crippen LogP contribution in [0.3, 0.4) is 0 Å². The number of fused-ring (bicyclic) bond motifs is 6. The van der Waals surface area contributed by atoms with Gasteiger partial charge in [0.1, 0.15) is 11.4 Å². The maximum absolute atomic E-state index is 6.64. The zero-order chi connectivity index (χ0) is 24.3. The SMILES string of the molecule is CC(C)Cc1cnc2c(c1)CCc1c-2oc2c(-c3cc(C(C)(C)C)c4ccccc4c3)nccc12. The number of nitrogens with zero attached hydrogens (tertiary/aromatic N) is 2. The zero-order valence-corrected chi connectivity index (χ0v) is 21.3. The summed E-state index contributed by atoms with van der Waals surface area (Å²) >= 11 is 0. The first kappa shape index (κ1) is 22.0. The number of rotatable bonds is 3. The summed E-state index contributed by atoms with van der Waals surface area (Å²) < 4.78 is 6.64. The van der Waals surface area contributed by atoms with Gasteiger partial charge in [0.05, 0.1) is 0 Å². The molecule has 0 saturated heterocycles. The van der Waals surface area contributed by atoms with Crippen molar-refractivity contribution < 1.29 is 4.42 Å². The van der Waals surface area contributed by atoms with Crippen molar-refractivity contribution in [2.45, 2.75) is 59.3 Å². The molecule has 0 N–H and O–H groups in total. The first-order valence-electron chi connectivity index (χ1n) is 12.7. The van der Waals surface area contributed by atoms with Gasteiger partial charge < -0.3 is 4.42 Å². The first-order valence-corrected chi connectivity index (χ1v) is 12.7. The van der Waals surface area contributed by atoms with Crippen LogP contribution < -0.4 is 0 Å². The molecule has 176 valence electrons. The maximum atomic E-state index is 6.64. The summed E-state index contributed by atoms with van der Waals surface area (Å²) in [6.45, 7) is 11.3. The molecule has 3 nitrogen and oxygen atoms in total. The topological polar surface area (TPSA) is 38.9 Å². The monoisotopic (exact) mass is 460 g/mol. The van der Waals surface area contributed by atoms with Gasteiger partial charge in [-0.2, -0.15) is 0 Å². The van der Waals surface area contributed by atoms with Crippen molar-refractivity contribution in [1.29, 1.82) is 0 Å². The minimum Gasteiger partial charge on any atom is -0.452 e. The average Bonchev–Trinajstić information content (AvgIpc) is 3.21. The lowest BCUT2D eigenvalue weighted by atomic mass is 9.82. The lowest BCUT2D eigenvalue weighted by Gasteiger charge is -2.22. The van der Waals surface area contributed by atoms with Crippen LogP contribution in [-0.4, -0.2) is 9.97 Å². The van der Waals surface area contributed by atoms with Crippen LogP contribution in [0.4, 0.5) is 0 Å². The van der Waals surface area contributed by atoms with E-state index in [2.05, 4.69) is 83.1 Å². The maximum Gasteiger partial charge on any atom is 0.161 e. The molecular formula is C32H32N2O. The molecule has 0 spiro atoms. The van der Waals surface area contributed by atoms with Crippen molar-refractivity contribution in [2.24, 2.45) is 5.92 Å². The number of aryl methyl sites for hydroxylation is 2. The van der Waals surface area contributed by atoms with E-state index in [4.69, 9.17) is 14.4 Å². The fraction of sp³-hybridized carbons (Fsp3) is 0.312. The number of furan rings is 1. The van der Waals surface area contributed by atoms with Crippen LogP contribution in [0.25, 0.3) is 44.5 Å². The highest BCUT2D eigenvalue weighted by molar-refractivity contribution is 5.99. The second kappa shape index (κ2) is 8.05. The van der Waals surface area contributed by atoms with E-state index in [1.165, 1.54) is 33.0 Å². The molecular weight excluding hydrogens is 428 g/mol. The van der Waals surface area contributed by atoms with Crippen LogP contribution in [0.2, 0.25) is 0 Å². The van der Waals surface area contributed by atoms with Gasteiger partial charge in [-0.1, -0.05) is 65.0 Å². The number of hydrogen-bond acceptors (Lipinski definition) is 3. The quantitative estimate of drug-likeness (QED) is 0.272. The molecule has 0 unspecified atom stereocenters. The minimum absolute atomic E-state index is 0.0163. The summed E-state index contributed by atoms with van der Waals surface area (Å²) in [5.74, 6) is 1.54. The van der Waals surface area contributed by atoms with Crippen LogP contribution in [0, 0.1) is 5.92 Å². The van der Waals surface area contributed by atoms with Crippen LogP contribution in [0.1, 0.15) is 56.9 Å². The Bertz CT molecular complexity index is 1580. The Morgan fingerprint density at radius 2 is 1.74 bits per heavy atom. The van der Waals surface area contributed by atoms with Gasteiger partial charge in [-0.3, -0.25) is 9.97 Å². The molecule has 0 amide bonds. The predicted molar refractivity (Wildman–Crippen MR) is 145 cm³/mol. The Balaban J connectivity index is 1.54. The van der Waals surface area contributed by atoms with E-state index in [9.17, 15) is 0 Å². The third-order valence-corrected chi connectivity index (χ3v) is 7.18. The molecule has 1 aliphatic rings. The van der Waals surface area contributed by atoms with Gasteiger partial charge in [0.25, 0.3) is 0 Å². The van der Waals surface area contributed by atoms with Crippen LogP contribution >= 0.6 is 0 Å². The smallest absolute Gasteiger partial charge is 0.161 e. The summed E-state index contributed by atoms with van der Waals surface area (Å²) in [5, 5.41) is 3.69. The van der Waals surface area contributed by atoms with E-state index in [0.717, 1.165) is 52.9 Å². The highest BCUT2D eigenvalue weighted by Gasteiger charge is 2.27. The Kier molecular flexibility index (Phi) is 5.07. The highest BCUT2D eigenvalue weighted by Crippen LogP contribution is 2.43. The first-order chi connectivity index (χ1) is 16.8. The van der Waals surface area contributed by atoms with Gasteiger partial charge in [-0.25, -0.2) is 0 Å². The van der Waals surface area contributed by atoms with Gasteiger partial charge in [0, 0.05) is 28.9 Å². The second-order valence-corrected chi connectivity index (χ2v) is 11.4. The number of hydrogen-bond donors (Lipinski definition) is 0. The summed E-state index contributed by atoms with van der Waals surface area (Å²) in [4.78, 5) is 9.72. The normalized spacial score (nSPS) is 13.4. The molecule has 0 radical (unpaired) electrons. The van der Waals surface area contributed by atoms with Gasteiger partial charge >= 0.3 is 0 Å². The second-order valence-electron chi connectivity index (χ2n) is 11.4.